The van der Waals surface area contributed by atoms with Gasteiger partial charge in [-0.3, -0.25) is 14.6 Å². The van der Waals surface area contributed by atoms with Crippen LogP contribution in [0.3, 0.4) is 0 Å². The number of carbonyl (C=O) groups excluding carboxylic acids is 3. The van der Waals surface area contributed by atoms with Crippen LogP contribution in [0, 0.1) is 0 Å². The quantitative estimate of drug-likeness (QED) is 0.647. The van der Waals surface area contributed by atoms with Crippen molar-refractivity contribution in [3.8, 4) is 0 Å². The highest BCUT2D eigenvalue weighted by Gasteiger charge is 2.23. The molecule has 4 N–H and O–H groups in total. The molecule has 0 spiro atoms. The molecule has 0 saturated heterocycles. The summed E-state index contributed by atoms with van der Waals surface area (Å²) >= 11 is 0. The SMILES string of the molecule is NC(=O)C[C@H](NC(=O)OCc1ccccc1)C(=O)NCc1ccncc1. The van der Waals surface area contributed by atoms with Gasteiger partial charge >= 0.3 is 6.09 Å². The maximum absolute atomic E-state index is 12.3. The summed E-state index contributed by atoms with van der Waals surface area (Å²) in [6.07, 6.45) is 2.06. The first kappa shape index (κ1) is 18.9. The molecule has 8 nitrogen and oxygen atoms in total. The second-order valence-corrected chi connectivity index (χ2v) is 5.50. The molecule has 1 heterocycles. The predicted molar refractivity (Wildman–Crippen MR) is 93.4 cm³/mol. The third kappa shape index (κ3) is 6.60. The van der Waals surface area contributed by atoms with Crippen LogP contribution in [0.1, 0.15) is 17.5 Å². The van der Waals surface area contributed by atoms with Crippen molar-refractivity contribution in [3.63, 3.8) is 0 Å². The van der Waals surface area contributed by atoms with Crippen LogP contribution in [0.25, 0.3) is 0 Å². The number of pyridine rings is 1. The zero-order valence-corrected chi connectivity index (χ0v) is 14.1. The molecule has 0 aliphatic heterocycles. The number of nitrogens with two attached hydrogens (primary N) is 1. The van der Waals surface area contributed by atoms with Crippen molar-refractivity contribution in [1.29, 1.82) is 0 Å². The Kier molecular flexibility index (Phi) is 7.11. The highest BCUT2D eigenvalue weighted by molar-refractivity contribution is 5.90. The Hall–Kier alpha value is -3.42. The Morgan fingerprint density at radius 2 is 1.73 bits per heavy atom. The molecule has 0 radical (unpaired) electrons. The van der Waals surface area contributed by atoms with Crippen LogP contribution in [0.5, 0.6) is 0 Å². The number of primary amides is 1. The fourth-order valence-corrected chi connectivity index (χ4v) is 2.13. The van der Waals surface area contributed by atoms with Gasteiger partial charge in [-0.1, -0.05) is 30.3 Å². The highest BCUT2D eigenvalue weighted by Crippen LogP contribution is 2.02. The van der Waals surface area contributed by atoms with E-state index in [9.17, 15) is 14.4 Å². The molecule has 2 rings (SSSR count). The van der Waals surface area contributed by atoms with E-state index in [0.29, 0.717) is 0 Å². The molecule has 0 bridgehead atoms. The van der Waals surface area contributed by atoms with Crippen LogP contribution in [0.4, 0.5) is 4.79 Å². The van der Waals surface area contributed by atoms with Crippen molar-refractivity contribution in [2.24, 2.45) is 5.73 Å². The van der Waals surface area contributed by atoms with Gasteiger partial charge in [0.2, 0.25) is 11.8 Å². The molecule has 0 fully saturated rings. The molecule has 1 aromatic carbocycles. The van der Waals surface area contributed by atoms with E-state index in [1.54, 1.807) is 36.7 Å². The Balaban J connectivity index is 1.87. The van der Waals surface area contributed by atoms with Crippen molar-refractivity contribution < 1.29 is 19.1 Å². The second-order valence-electron chi connectivity index (χ2n) is 5.50. The van der Waals surface area contributed by atoms with Gasteiger partial charge in [-0.05, 0) is 23.3 Å². The number of nitrogens with zero attached hydrogens (tertiary/aromatic N) is 1. The third-order valence-electron chi connectivity index (χ3n) is 3.44. The van der Waals surface area contributed by atoms with Gasteiger partial charge in [0, 0.05) is 18.9 Å². The monoisotopic (exact) mass is 356 g/mol. The fourth-order valence-electron chi connectivity index (χ4n) is 2.13. The number of rotatable bonds is 8. The van der Waals surface area contributed by atoms with E-state index >= 15 is 0 Å². The molecule has 26 heavy (non-hydrogen) atoms. The summed E-state index contributed by atoms with van der Waals surface area (Å²) < 4.78 is 5.06. The van der Waals surface area contributed by atoms with Crippen LogP contribution in [-0.4, -0.2) is 28.9 Å². The normalized spacial score (nSPS) is 11.2. The predicted octanol–water partition coefficient (Wildman–Crippen LogP) is 0.868. The van der Waals surface area contributed by atoms with Gasteiger partial charge in [-0.25, -0.2) is 4.79 Å². The van der Waals surface area contributed by atoms with Crippen LogP contribution in [0.2, 0.25) is 0 Å². The lowest BCUT2D eigenvalue weighted by Gasteiger charge is -2.17. The average molecular weight is 356 g/mol. The fraction of sp³-hybridized carbons (Fsp3) is 0.222. The number of hydrogen-bond donors (Lipinski definition) is 3. The lowest BCUT2D eigenvalue weighted by atomic mass is 10.1. The number of ether oxygens (including phenoxy) is 1. The molecular formula is C18H20N4O4. The van der Waals surface area contributed by atoms with Gasteiger partial charge in [-0.2, -0.15) is 0 Å². The summed E-state index contributed by atoms with van der Waals surface area (Å²) in [6.45, 7) is 0.284. The Morgan fingerprint density at radius 3 is 2.38 bits per heavy atom. The van der Waals surface area contributed by atoms with Crippen molar-refractivity contribution in [3.05, 3.63) is 66.0 Å². The van der Waals surface area contributed by atoms with Gasteiger partial charge in [0.05, 0.1) is 6.42 Å². The first-order valence-electron chi connectivity index (χ1n) is 7.96. The minimum atomic E-state index is -1.11. The standard InChI is InChI=1S/C18H20N4O4/c19-16(23)10-15(17(24)21-11-13-6-8-20-9-7-13)22-18(25)26-12-14-4-2-1-3-5-14/h1-9,15H,10-12H2,(H2,19,23)(H,21,24)(H,22,25)/t15-/m0/s1. The molecule has 0 saturated carbocycles. The molecule has 0 unspecified atom stereocenters. The molecular weight excluding hydrogens is 336 g/mol. The zero-order chi connectivity index (χ0) is 18.8. The molecule has 0 aliphatic rings. The highest BCUT2D eigenvalue weighted by atomic mass is 16.5. The van der Waals surface area contributed by atoms with Crippen LogP contribution >= 0.6 is 0 Å². The minimum Gasteiger partial charge on any atom is -0.445 e. The first-order valence-corrected chi connectivity index (χ1v) is 7.96. The number of amides is 3. The summed E-state index contributed by atoms with van der Waals surface area (Å²) in [5.74, 6) is -1.24. The smallest absolute Gasteiger partial charge is 0.408 e. The molecule has 136 valence electrons. The van der Waals surface area contributed by atoms with E-state index < -0.39 is 23.9 Å². The summed E-state index contributed by atoms with van der Waals surface area (Å²) in [5, 5.41) is 5.01. The minimum absolute atomic E-state index is 0.0502. The largest absolute Gasteiger partial charge is 0.445 e. The molecule has 1 aromatic heterocycles. The second kappa shape index (κ2) is 9.77. The van der Waals surface area contributed by atoms with Gasteiger partial charge < -0.3 is 21.1 Å². The molecule has 0 aliphatic carbocycles. The molecule has 8 heteroatoms. The topological polar surface area (TPSA) is 123 Å². The van der Waals surface area contributed by atoms with Gasteiger partial charge in [0.25, 0.3) is 0 Å². The first-order chi connectivity index (χ1) is 12.5. The lowest BCUT2D eigenvalue weighted by molar-refractivity contribution is -0.127. The van der Waals surface area contributed by atoms with Crippen molar-refractivity contribution >= 4 is 17.9 Å². The van der Waals surface area contributed by atoms with E-state index in [2.05, 4.69) is 15.6 Å². The van der Waals surface area contributed by atoms with Gasteiger partial charge in [0.15, 0.2) is 0 Å². The lowest BCUT2D eigenvalue weighted by Crippen LogP contribution is -2.48. The number of nitrogens with one attached hydrogen (secondary N) is 2. The summed E-state index contributed by atoms with van der Waals surface area (Å²) in [4.78, 5) is 39.2. The Labute approximate surface area is 150 Å². The third-order valence-corrected chi connectivity index (χ3v) is 3.44. The number of benzene rings is 1. The van der Waals surface area contributed by atoms with Crippen LogP contribution < -0.4 is 16.4 Å². The average Bonchev–Trinajstić information content (AvgIpc) is 2.65. The Morgan fingerprint density at radius 1 is 1.04 bits per heavy atom. The number of aromatic nitrogens is 1. The number of alkyl carbamates (subject to hydrolysis) is 1. The Bertz CT molecular complexity index is 737. The number of hydrogen-bond acceptors (Lipinski definition) is 5. The van der Waals surface area contributed by atoms with Crippen molar-refractivity contribution in [2.45, 2.75) is 25.6 Å². The van der Waals surface area contributed by atoms with E-state index in [0.717, 1.165) is 11.1 Å². The summed E-state index contributed by atoms with van der Waals surface area (Å²) in [5.41, 5.74) is 6.79. The van der Waals surface area contributed by atoms with Crippen molar-refractivity contribution in [1.82, 2.24) is 15.6 Å². The zero-order valence-electron chi connectivity index (χ0n) is 14.1. The molecule has 2 aromatic rings. The number of carbonyl (C=O) groups is 3. The molecule has 3 amide bonds. The molecule has 1 atom stereocenters. The summed E-state index contributed by atoms with van der Waals surface area (Å²) in [6, 6.07) is 11.5. The van der Waals surface area contributed by atoms with Gasteiger partial charge in [0.1, 0.15) is 12.6 Å². The maximum Gasteiger partial charge on any atom is 0.408 e. The maximum atomic E-state index is 12.3. The van der Waals surface area contributed by atoms with E-state index in [1.165, 1.54) is 0 Å². The van der Waals surface area contributed by atoms with Gasteiger partial charge in [-0.15, -0.1) is 0 Å². The summed E-state index contributed by atoms with van der Waals surface area (Å²) in [7, 11) is 0. The van der Waals surface area contributed by atoms with E-state index in [-0.39, 0.29) is 19.6 Å². The van der Waals surface area contributed by atoms with E-state index in [4.69, 9.17) is 10.5 Å². The van der Waals surface area contributed by atoms with Crippen LogP contribution in [-0.2, 0) is 27.5 Å². The van der Waals surface area contributed by atoms with Crippen LogP contribution in [0.15, 0.2) is 54.9 Å². The van der Waals surface area contributed by atoms with E-state index in [1.807, 2.05) is 18.2 Å². The van der Waals surface area contributed by atoms with Crippen molar-refractivity contribution in [2.75, 3.05) is 0 Å².